The number of aryl methyl sites for hydroxylation is 2. The zero-order chi connectivity index (χ0) is 14.9. The number of ether oxygens (including phenoxy) is 1. The van der Waals surface area contributed by atoms with Crippen molar-refractivity contribution in [1.29, 1.82) is 0 Å². The number of alkyl halides is 3. The van der Waals surface area contributed by atoms with Crippen molar-refractivity contribution in [2.45, 2.75) is 20.0 Å². The largest absolute Gasteiger partial charge is 0.457 e. The zero-order valence-electron chi connectivity index (χ0n) is 11.1. The maximum Gasteiger partial charge on any atom is 0.418 e. The van der Waals surface area contributed by atoms with Crippen molar-refractivity contribution in [1.82, 2.24) is 0 Å². The lowest BCUT2D eigenvalue weighted by Crippen LogP contribution is -2.08. The number of benzene rings is 2. The van der Waals surface area contributed by atoms with E-state index in [0.717, 1.165) is 17.2 Å². The molecule has 2 aromatic carbocycles. The summed E-state index contributed by atoms with van der Waals surface area (Å²) in [6.45, 7) is 3.86. The predicted molar refractivity (Wildman–Crippen MR) is 71.8 cm³/mol. The van der Waals surface area contributed by atoms with E-state index in [2.05, 4.69) is 0 Å². The van der Waals surface area contributed by atoms with Gasteiger partial charge in [-0.25, -0.2) is 0 Å². The second-order valence-electron chi connectivity index (χ2n) is 4.59. The van der Waals surface area contributed by atoms with Crippen LogP contribution in [0.2, 0.25) is 0 Å². The van der Waals surface area contributed by atoms with E-state index in [-0.39, 0.29) is 11.4 Å². The van der Waals surface area contributed by atoms with Gasteiger partial charge in [-0.05, 0) is 55.3 Å². The lowest BCUT2D eigenvalue weighted by Gasteiger charge is -2.13. The second-order valence-corrected chi connectivity index (χ2v) is 4.59. The minimum atomic E-state index is -4.49. The molecule has 2 nitrogen and oxygen atoms in total. The van der Waals surface area contributed by atoms with Crippen LogP contribution >= 0.6 is 0 Å². The molecule has 0 unspecified atom stereocenters. The number of halogens is 3. The first-order chi connectivity index (χ1) is 9.27. The average molecular weight is 281 g/mol. The molecule has 0 amide bonds. The third kappa shape index (κ3) is 3.04. The van der Waals surface area contributed by atoms with E-state index in [4.69, 9.17) is 10.5 Å². The van der Waals surface area contributed by atoms with Crippen molar-refractivity contribution >= 4 is 5.69 Å². The van der Waals surface area contributed by atoms with Crippen molar-refractivity contribution in [2.24, 2.45) is 0 Å². The Balaban J connectivity index is 2.32. The molecule has 0 aliphatic carbocycles. The van der Waals surface area contributed by atoms with Gasteiger partial charge in [-0.2, -0.15) is 13.2 Å². The number of nitrogen functional groups attached to an aromatic ring is 1. The first kappa shape index (κ1) is 14.2. The van der Waals surface area contributed by atoms with Crippen LogP contribution in [0.25, 0.3) is 0 Å². The molecule has 5 heteroatoms. The van der Waals surface area contributed by atoms with E-state index < -0.39 is 11.7 Å². The molecule has 0 bridgehead atoms. The van der Waals surface area contributed by atoms with Gasteiger partial charge in [-0.3, -0.25) is 0 Å². The van der Waals surface area contributed by atoms with Gasteiger partial charge in [-0.15, -0.1) is 0 Å². The molecule has 0 aliphatic heterocycles. The van der Waals surface area contributed by atoms with Crippen molar-refractivity contribution in [3.8, 4) is 11.5 Å². The van der Waals surface area contributed by atoms with Crippen LogP contribution in [0.1, 0.15) is 16.7 Å². The van der Waals surface area contributed by atoms with Crippen molar-refractivity contribution in [3.05, 3.63) is 53.1 Å². The lowest BCUT2D eigenvalue weighted by molar-refractivity contribution is -0.137. The quantitative estimate of drug-likeness (QED) is 0.810. The van der Waals surface area contributed by atoms with Crippen LogP contribution in [0.5, 0.6) is 11.5 Å². The van der Waals surface area contributed by atoms with Gasteiger partial charge < -0.3 is 10.5 Å². The minimum Gasteiger partial charge on any atom is -0.457 e. The van der Waals surface area contributed by atoms with Crippen LogP contribution < -0.4 is 10.5 Å². The molecule has 2 rings (SSSR count). The normalized spacial score (nSPS) is 11.4. The average Bonchev–Trinajstić information content (AvgIpc) is 2.35. The van der Waals surface area contributed by atoms with Gasteiger partial charge in [0.15, 0.2) is 0 Å². The summed E-state index contributed by atoms with van der Waals surface area (Å²) in [7, 11) is 0. The summed E-state index contributed by atoms with van der Waals surface area (Å²) in [5.41, 5.74) is 6.23. The summed E-state index contributed by atoms with van der Waals surface area (Å²) in [6, 6.07) is 8.86. The smallest absolute Gasteiger partial charge is 0.418 e. The van der Waals surface area contributed by atoms with E-state index in [1.807, 2.05) is 19.9 Å². The van der Waals surface area contributed by atoms with E-state index in [1.165, 1.54) is 12.1 Å². The molecule has 0 spiro atoms. The summed E-state index contributed by atoms with van der Waals surface area (Å²) < 4.78 is 43.7. The molecule has 106 valence electrons. The molecule has 20 heavy (non-hydrogen) atoms. The summed E-state index contributed by atoms with van der Waals surface area (Å²) in [6.07, 6.45) is -4.49. The highest BCUT2D eigenvalue weighted by Gasteiger charge is 2.33. The first-order valence-corrected chi connectivity index (χ1v) is 5.99. The van der Waals surface area contributed by atoms with Gasteiger partial charge in [-0.1, -0.05) is 6.07 Å². The van der Waals surface area contributed by atoms with Crippen molar-refractivity contribution in [3.63, 3.8) is 0 Å². The number of anilines is 1. The molecular weight excluding hydrogens is 267 g/mol. The molecule has 0 fully saturated rings. The van der Waals surface area contributed by atoms with Crippen LogP contribution in [-0.4, -0.2) is 0 Å². The van der Waals surface area contributed by atoms with Crippen molar-refractivity contribution < 1.29 is 17.9 Å². The summed E-state index contributed by atoms with van der Waals surface area (Å²) in [5.74, 6) is 0.598. The fraction of sp³-hybridized carbons (Fsp3) is 0.200. The minimum absolute atomic E-state index is 0.106. The Morgan fingerprint density at radius 2 is 1.50 bits per heavy atom. The van der Waals surface area contributed by atoms with Crippen LogP contribution in [-0.2, 0) is 6.18 Å². The summed E-state index contributed by atoms with van der Waals surface area (Å²) in [4.78, 5) is 0. The Morgan fingerprint density at radius 3 is 2.10 bits per heavy atom. The lowest BCUT2D eigenvalue weighted by atomic mass is 10.1. The van der Waals surface area contributed by atoms with Crippen LogP contribution in [0, 0.1) is 13.8 Å². The topological polar surface area (TPSA) is 35.2 Å². The Morgan fingerprint density at radius 1 is 0.900 bits per heavy atom. The Kier molecular flexibility index (Phi) is 3.61. The molecule has 0 heterocycles. The fourth-order valence-electron chi connectivity index (χ4n) is 1.76. The summed E-state index contributed by atoms with van der Waals surface area (Å²) in [5, 5.41) is 0. The summed E-state index contributed by atoms with van der Waals surface area (Å²) >= 11 is 0. The Bertz CT molecular complexity index is 636. The highest BCUT2D eigenvalue weighted by Crippen LogP contribution is 2.36. The molecular formula is C15H14F3NO. The monoisotopic (exact) mass is 281 g/mol. The molecule has 2 N–H and O–H groups in total. The van der Waals surface area contributed by atoms with Crippen LogP contribution in [0.4, 0.5) is 18.9 Å². The zero-order valence-corrected chi connectivity index (χ0v) is 11.1. The second kappa shape index (κ2) is 5.07. The molecule has 0 saturated heterocycles. The van der Waals surface area contributed by atoms with Crippen molar-refractivity contribution in [2.75, 3.05) is 5.73 Å². The van der Waals surface area contributed by atoms with E-state index in [1.54, 1.807) is 12.1 Å². The highest BCUT2D eigenvalue weighted by molar-refractivity contribution is 5.52. The van der Waals surface area contributed by atoms with E-state index >= 15 is 0 Å². The standard InChI is InChI=1S/C15H14F3NO/c1-9-3-4-11(7-10(9)2)20-12-5-6-14(19)13(8-12)15(16,17)18/h3-8H,19H2,1-2H3. The Labute approximate surface area is 115 Å². The van der Waals surface area contributed by atoms with E-state index in [9.17, 15) is 13.2 Å². The van der Waals surface area contributed by atoms with Gasteiger partial charge in [0.1, 0.15) is 11.5 Å². The molecule has 0 atom stereocenters. The maximum absolute atomic E-state index is 12.7. The third-order valence-electron chi connectivity index (χ3n) is 3.04. The SMILES string of the molecule is Cc1ccc(Oc2ccc(N)c(C(F)(F)F)c2)cc1C. The Hall–Kier alpha value is -2.17. The van der Waals surface area contributed by atoms with E-state index in [0.29, 0.717) is 5.75 Å². The maximum atomic E-state index is 12.7. The number of nitrogens with two attached hydrogens (primary N) is 1. The molecule has 0 aromatic heterocycles. The van der Waals surface area contributed by atoms with Crippen LogP contribution in [0.3, 0.4) is 0 Å². The van der Waals surface area contributed by atoms with Gasteiger partial charge in [0, 0.05) is 5.69 Å². The molecule has 0 radical (unpaired) electrons. The number of hydrogen-bond donors (Lipinski definition) is 1. The first-order valence-electron chi connectivity index (χ1n) is 5.99. The number of rotatable bonds is 2. The van der Waals surface area contributed by atoms with Crippen LogP contribution in [0.15, 0.2) is 36.4 Å². The highest BCUT2D eigenvalue weighted by atomic mass is 19.4. The third-order valence-corrected chi connectivity index (χ3v) is 3.04. The molecule has 2 aromatic rings. The predicted octanol–water partition coefficient (Wildman–Crippen LogP) is 4.70. The van der Waals surface area contributed by atoms with Gasteiger partial charge in [0.2, 0.25) is 0 Å². The van der Waals surface area contributed by atoms with Gasteiger partial charge >= 0.3 is 6.18 Å². The van der Waals surface area contributed by atoms with Gasteiger partial charge in [0.25, 0.3) is 0 Å². The molecule has 0 aliphatic rings. The number of hydrogen-bond acceptors (Lipinski definition) is 2. The fourth-order valence-corrected chi connectivity index (χ4v) is 1.76. The molecule has 0 saturated carbocycles. The van der Waals surface area contributed by atoms with Gasteiger partial charge in [0.05, 0.1) is 5.56 Å².